The maximum absolute atomic E-state index is 13.0. The van der Waals surface area contributed by atoms with E-state index in [1.54, 1.807) is 54.5 Å². The van der Waals surface area contributed by atoms with Gasteiger partial charge in [0.15, 0.2) is 11.1 Å². The first-order valence-electron chi connectivity index (χ1n) is 14.1. The average molecular weight is 637 g/mol. The van der Waals surface area contributed by atoms with E-state index in [0.29, 0.717) is 23.5 Å². The van der Waals surface area contributed by atoms with Crippen LogP contribution in [0.5, 0.6) is 0 Å². The molecule has 0 fully saturated rings. The fraction of sp³-hybridized carbons (Fsp3) is 0.375. The third-order valence-electron chi connectivity index (χ3n) is 5.14. The molecule has 0 aliphatic carbocycles. The lowest BCUT2D eigenvalue weighted by Crippen LogP contribution is -2.19. The summed E-state index contributed by atoms with van der Waals surface area (Å²) in [6.45, 7) is 12.8. The molecule has 2 aromatic rings. The van der Waals surface area contributed by atoms with Crippen molar-refractivity contribution in [1.29, 1.82) is 0 Å². The minimum absolute atomic E-state index is 0.144. The third-order valence-corrected chi connectivity index (χ3v) is 5.14. The molecule has 0 unspecified atom stereocenters. The molecule has 0 aliphatic heterocycles. The smallest absolute Gasteiger partial charge is 0.348 e. The lowest BCUT2D eigenvalue weighted by molar-refractivity contribution is -0.148. The predicted molar refractivity (Wildman–Crippen MR) is 165 cm³/mol. The SMILES string of the molecule is CCOC(=O)C(=CNc1ccc(F)cc1C)C(=O)OCC.CCOC=C(C(=O)OCC)C(=O)OCC.Cc1cc(F)ccc1N. The molecule has 0 aromatic heterocycles. The quantitative estimate of drug-likeness (QED) is 0.0593. The molecule has 0 saturated carbocycles. The third kappa shape index (κ3) is 15.9. The lowest BCUT2D eigenvalue weighted by Gasteiger charge is -2.09. The van der Waals surface area contributed by atoms with Crippen LogP contribution in [0.1, 0.15) is 45.7 Å². The molecule has 0 heterocycles. The topological polar surface area (TPSA) is 152 Å². The van der Waals surface area contributed by atoms with Crippen molar-refractivity contribution in [2.45, 2.75) is 48.5 Å². The van der Waals surface area contributed by atoms with Crippen molar-refractivity contribution in [2.75, 3.05) is 44.1 Å². The van der Waals surface area contributed by atoms with Crippen LogP contribution in [0.25, 0.3) is 0 Å². The van der Waals surface area contributed by atoms with Gasteiger partial charge in [-0.2, -0.15) is 0 Å². The molecule has 0 spiro atoms. The Labute approximate surface area is 262 Å². The molecule has 0 saturated heterocycles. The van der Waals surface area contributed by atoms with E-state index in [1.807, 2.05) is 0 Å². The Kier molecular flexibility index (Phi) is 20.1. The summed E-state index contributed by atoms with van der Waals surface area (Å²) in [6, 6.07) is 8.44. The minimum Gasteiger partial charge on any atom is -0.500 e. The van der Waals surface area contributed by atoms with Crippen LogP contribution in [-0.2, 0) is 42.9 Å². The number of carbonyl (C=O) groups is 4. The molecule has 0 atom stereocenters. The number of hydrogen-bond donors (Lipinski definition) is 2. The van der Waals surface area contributed by atoms with Gasteiger partial charge in [-0.15, -0.1) is 0 Å². The number of rotatable bonds is 12. The van der Waals surface area contributed by atoms with Gasteiger partial charge < -0.3 is 34.7 Å². The van der Waals surface area contributed by atoms with Crippen molar-refractivity contribution < 1.29 is 51.6 Å². The molecule has 11 nitrogen and oxygen atoms in total. The highest BCUT2D eigenvalue weighted by Gasteiger charge is 2.22. The molecule has 0 bridgehead atoms. The molecule has 248 valence electrons. The van der Waals surface area contributed by atoms with Gasteiger partial charge in [-0.05, 0) is 96.0 Å². The first-order chi connectivity index (χ1) is 21.4. The van der Waals surface area contributed by atoms with E-state index in [4.69, 9.17) is 19.9 Å². The number of anilines is 2. The van der Waals surface area contributed by atoms with Crippen molar-refractivity contribution in [1.82, 2.24) is 0 Å². The second-order valence-corrected chi connectivity index (χ2v) is 8.53. The molecule has 2 rings (SSSR count). The van der Waals surface area contributed by atoms with Gasteiger partial charge in [0.1, 0.15) is 17.9 Å². The monoisotopic (exact) mass is 636 g/mol. The molecule has 3 N–H and O–H groups in total. The van der Waals surface area contributed by atoms with Gasteiger partial charge in [-0.25, -0.2) is 28.0 Å². The molecule has 0 aliphatic rings. The molecule has 0 radical (unpaired) electrons. The number of nitrogen functional groups attached to an aromatic ring is 1. The summed E-state index contributed by atoms with van der Waals surface area (Å²) in [5.41, 5.74) is 7.58. The zero-order valence-corrected chi connectivity index (χ0v) is 26.7. The molecule has 13 heteroatoms. The van der Waals surface area contributed by atoms with E-state index in [0.717, 1.165) is 11.8 Å². The first kappa shape index (κ1) is 40.1. The average Bonchev–Trinajstić information content (AvgIpc) is 2.98. The Morgan fingerprint density at radius 1 is 0.667 bits per heavy atom. The maximum atomic E-state index is 13.0. The van der Waals surface area contributed by atoms with Crippen LogP contribution in [-0.4, -0.2) is 56.9 Å². The summed E-state index contributed by atoms with van der Waals surface area (Å²) in [4.78, 5) is 46.0. The highest BCUT2D eigenvalue weighted by atomic mass is 19.1. The van der Waals surface area contributed by atoms with Gasteiger partial charge in [0.25, 0.3) is 0 Å². The minimum atomic E-state index is -0.775. The van der Waals surface area contributed by atoms with Crippen LogP contribution in [0.3, 0.4) is 0 Å². The predicted octanol–water partition coefficient (Wildman–Crippen LogP) is 5.31. The van der Waals surface area contributed by atoms with E-state index in [2.05, 4.69) is 14.8 Å². The number of halogens is 2. The molecular weight excluding hydrogens is 594 g/mol. The standard InChI is InChI=1S/C15H18FNO4.C10H16O5.C7H8FN/c1-4-20-14(18)12(15(19)21-5-2)9-17-13-7-6-11(16)8-10(13)3;1-4-13-7-8(9(11)14-5-2)10(12)15-6-3;1-5-4-6(8)2-3-7(5)9/h6-9,17H,4-5H2,1-3H3;7H,4-6H2,1-3H3;2-4H,9H2,1H3. The van der Waals surface area contributed by atoms with Crippen molar-refractivity contribution in [3.63, 3.8) is 0 Å². The van der Waals surface area contributed by atoms with Crippen molar-refractivity contribution in [3.8, 4) is 0 Å². The Morgan fingerprint density at radius 2 is 1.09 bits per heavy atom. The number of benzene rings is 2. The molecular formula is C32H42F2N2O9. The van der Waals surface area contributed by atoms with Crippen molar-refractivity contribution in [2.24, 2.45) is 0 Å². The number of hydrogen-bond acceptors (Lipinski definition) is 11. The zero-order chi connectivity index (χ0) is 34.4. The van der Waals surface area contributed by atoms with Crippen molar-refractivity contribution in [3.05, 3.63) is 82.8 Å². The summed E-state index contributed by atoms with van der Waals surface area (Å²) in [7, 11) is 0. The summed E-state index contributed by atoms with van der Waals surface area (Å²) >= 11 is 0. The summed E-state index contributed by atoms with van der Waals surface area (Å²) in [5.74, 6) is -3.61. The summed E-state index contributed by atoms with van der Waals surface area (Å²) in [5, 5.41) is 2.79. The van der Waals surface area contributed by atoms with Gasteiger partial charge in [0.05, 0.1) is 33.0 Å². The Bertz CT molecular complexity index is 1290. The van der Waals surface area contributed by atoms with Crippen LogP contribution < -0.4 is 11.1 Å². The van der Waals surface area contributed by atoms with E-state index in [-0.39, 0.29) is 49.2 Å². The Morgan fingerprint density at radius 3 is 1.47 bits per heavy atom. The van der Waals surface area contributed by atoms with Gasteiger partial charge >= 0.3 is 23.9 Å². The van der Waals surface area contributed by atoms with Gasteiger partial charge in [-0.3, -0.25) is 0 Å². The van der Waals surface area contributed by atoms with Crippen LogP contribution in [0.4, 0.5) is 20.2 Å². The highest BCUT2D eigenvalue weighted by molar-refractivity contribution is 6.14. The second-order valence-electron chi connectivity index (χ2n) is 8.53. The maximum Gasteiger partial charge on any atom is 0.348 e. The van der Waals surface area contributed by atoms with E-state index < -0.39 is 23.9 Å². The van der Waals surface area contributed by atoms with Crippen molar-refractivity contribution >= 4 is 35.3 Å². The summed E-state index contributed by atoms with van der Waals surface area (Å²) in [6.07, 6.45) is 2.27. The van der Waals surface area contributed by atoms with Gasteiger partial charge in [-0.1, -0.05) is 0 Å². The van der Waals surface area contributed by atoms with Crippen LogP contribution in [0, 0.1) is 25.5 Å². The number of nitrogens with one attached hydrogen (secondary N) is 1. The fourth-order valence-corrected chi connectivity index (χ4v) is 2.96. The number of esters is 4. The number of aryl methyl sites for hydroxylation is 2. The number of carbonyl (C=O) groups excluding carboxylic acids is 4. The van der Waals surface area contributed by atoms with Crippen LogP contribution in [0.2, 0.25) is 0 Å². The van der Waals surface area contributed by atoms with Crippen LogP contribution >= 0.6 is 0 Å². The van der Waals surface area contributed by atoms with Gasteiger partial charge in [0.2, 0.25) is 0 Å². The highest BCUT2D eigenvalue weighted by Crippen LogP contribution is 2.16. The molecule has 0 amide bonds. The Balaban J connectivity index is 0.000000700. The molecule has 45 heavy (non-hydrogen) atoms. The normalized spacial score (nSPS) is 9.44. The summed E-state index contributed by atoms with van der Waals surface area (Å²) < 4.78 is 49.1. The first-order valence-corrected chi connectivity index (χ1v) is 14.1. The van der Waals surface area contributed by atoms with E-state index in [9.17, 15) is 28.0 Å². The number of nitrogens with two attached hydrogens (primary N) is 1. The Hall–Kier alpha value is -4.94. The van der Waals surface area contributed by atoms with E-state index in [1.165, 1.54) is 36.5 Å². The molecule has 2 aromatic carbocycles. The van der Waals surface area contributed by atoms with Crippen LogP contribution in [0.15, 0.2) is 60.0 Å². The second kappa shape index (κ2) is 22.6. The largest absolute Gasteiger partial charge is 0.500 e. The fourth-order valence-electron chi connectivity index (χ4n) is 2.96. The van der Waals surface area contributed by atoms with Gasteiger partial charge in [0, 0.05) is 17.6 Å². The zero-order valence-electron chi connectivity index (χ0n) is 26.7. The van der Waals surface area contributed by atoms with E-state index >= 15 is 0 Å². The number of ether oxygens (including phenoxy) is 5. The lowest BCUT2D eigenvalue weighted by atomic mass is 10.2.